The molecule has 0 aromatic heterocycles. The molecule has 4 heteroatoms. The molecule has 15 heavy (non-hydrogen) atoms. The van der Waals surface area contributed by atoms with Crippen LogP contribution in [0, 0.1) is 12.7 Å². The van der Waals surface area contributed by atoms with E-state index in [-0.39, 0.29) is 5.56 Å². The van der Waals surface area contributed by atoms with Crippen LogP contribution in [-0.2, 0) is 10.4 Å². The first kappa shape index (κ1) is 11.7. The highest BCUT2D eigenvalue weighted by Crippen LogP contribution is 2.25. The van der Waals surface area contributed by atoms with Crippen molar-refractivity contribution in [3.8, 4) is 0 Å². The number of aryl methyl sites for hydroxylation is 1. The number of halogens is 1. The molecule has 0 saturated heterocycles. The third kappa shape index (κ3) is 2.76. The fraction of sp³-hybridized carbons (Fsp3) is 0.364. The standard InChI is InChI=1S/C11H13FO3/c1-7-3-4-8(5-9(7)12)11(2,15)6-10(13)14/h3-5,15H,6H2,1-2H3,(H,13,14). The Morgan fingerprint density at radius 3 is 2.60 bits per heavy atom. The van der Waals surface area contributed by atoms with Crippen molar-refractivity contribution in [3.05, 3.63) is 35.1 Å². The van der Waals surface area contributed by atoms with Gasteiger partial charge in [0.05, 0.1) is 12.0 Å². The summed E-state index contributed by atoms with van der Waals surface area (Å²) in [4.78, 5) is 10.5. The molecular weight excluding hydrogens is 199 g/mol. The number of carbonyl (C=O) groups is 1. The molecule has 0 heterocycles. The van der Waals surface area contributed by atoms with Crippen LogP contribution in [0.15, 0.2) is 18.2 Å². The lowest BCUT2D eigenvalue weighted by atomic mass is 9.92. The molecule has 82 valence electrons. The average Bonchev–Trinajstić information content (AvgIpc) is 2.07. The highest BCUT2D eigenvalue weighted by Gasteiger charge is 2.27. The summed E-state index contributed by atoms with van der Waals surface area (Å²) in [6.45, 7) is 2.95. The average molecular weight is 212 g/mol. The van der Waals surface area contributed by atoms with Crippen molar-refractivity contribution in [1.29, 1.82) is 0 Å². The summed E-state index contributed by atoms with van der Waals surface area (Å²) < 4.78 is 13.2. The summed E-state index contributed by atoms with van der Waals surface area (Å²) in [6, 6.07) is 4.21. The zero-order valence-electron chi connectivity index (χ0n) is 8.62. The van der Waals surface area contributed by atoms with Gasteiger partial charge in [-0.05, 0) is 31.0 Å². The first-order valence-electron chi connectivity index (χ1n) is 4.54. The van der Waals surface area contributed by atoms with E-state index in [1.54, 1.807) is 6.92 Å². The predicted molar refractivity (Wildman–Crippen MR) is 53.0 cm³/mol. The van der Waals surface area contributed by atoms with Gasteiger partial charge in [0.25, 0.3) is 0 Å². The molecule has 3 nitrogen and oxygen atoms in total. The number of hydrogen-bond donors (Lipinski definition) is 2. The second kappa shape index (κ2) is 3.98. The Bertz CT molecular complexity index is 385. The number of aliphatic hydroxyl groups is 1. The largest absolute Gasteiger partial charge is 0.481 e. The summed E-state index contributed by atoms with van der Waals surface area (Å²) in [6.07, 6.45) is -0.449. The van der Waals surface area contributed by atoms with Crippen LogP contribution in [0.1, 0.15) is 24.5 Å². The molecule has 1 unspecified atom stereocenters. The van der Waals surface area contributed by atoms with Crippen molar-refractivity contribution in [1.82, 2.24) is 0 Å². The van der Waals surface area contributed by atoms with E-state index in [4.69, 9.17) is 5.11 Å². The van der Waals surface area contributed by atoms with Gasteiger partial charge in [-0.1, -0.05) is 12.1 Å². The molecule has 2 N–H and O–H groups in total. The van der Waals surface area contributed by atoms with E-state index in [0.717, 1.165) is 6.07 Å². The van der Waals surface area contributed by atoms with Crippen molar-refractivity contribution in [3.63, 3.8) is 0 Å². The van der Waals surface area contributed by atoms with Gasteiger partial charge in [-0.25, -0.2) is 4.39 Å². The number of benzene rings is 1. The predicted octanol–water partition coefficient (Wildman–Crippen LogP) is 1.82. The van der Waals surface area contributed by atoms with E-state index in [9.17, 15) is 14.3 Å². The van der Waals surface area contributed by atoms with Crippen LogP contribution in [0.2, 0.25) is 0 Å². The van der Waals surface area contributed by atoms with E-state index in [1.807, 2.05) is 0 Å². The van der Waals surface area contributed by atoms with Gasteiger partial charge >= 0.3 is 5.97 Å². The van der Waals surface area contributed by atoms with E-state index in [1.165, 1.54) is 19.1 Å². The fourth-order valence-electron chi connectivity index (χ4n) is 1.32. The van der Waals surface area contributed by atoms with E-state index >= 15 is 0 Å². The monoisotopic (exact) mass is 212 g/mol. The molecule has 0 aliphatic carbocycles. The van der Waals surface area contributed by atoms with Crippen molar-refractivity contribution in [2.75, 3.05) is 0 Å². The molecule has 0 bridgehead atoms. The number of carboxylic acid groups (broad SMARTS) is 1. The van der Waals surface area contributed by atoms with Gasteiger partial charge in [-0.2, -0.15) is 0 Å². The van der Waals surface area contributed by atoms with Crippen LogP contribution >= 0.6 is 0 Å². The number of carboxylic acids is 1. The zero-order chi connectivity index (χ0) is 11.6. The van der Waals surface area contributed by atoms with Crippen molar-refractivity contribution < 1.29 is 19.4 Å². The van der Waals surface area contributed by atoms with Gasteiger partial charge in [0.1, 0.15) is 5.82 Å². The summed E-state index contributed by atoms with van der Waals surface area (Å²) in [5.74, 6) is -1.57. The summed E-state index contributed by atoms with van der Waals surface area (Å²) in [5, 5.41) is 18.4. The highest BCUT2D eigenvalue weighted by atomic mass is 19.1. The molecule has 1 aromatic rings. The maximum Gasteiger partial charge on any atom is 0.306 e. The van der Waals surface area contributed by atoms with Crippen molar-refractivity contribution in [2.24, 2.45) is 0 Å². The van der Waals surface area contributed by atoms with Crippen molar-refractivity contribution in [2.45, 2.75) is 25.9 Å². The zero-order valence-corrected chi connectivity index (χ0v) is 8.62. The topological polar surface area (TPSA) is 57.5 Å². The van der Waals surface area contributed by atoms with Gasteiger partial charge < -0.3 is 10.2 Å². The molecule has 0 spiro atoms. The summed E-state index contributed by atoms with van der Waals surface area (Å²) in [7, 11) is 0. The Morgan fingerprint density at radius 2 is 2.13 bits per heavy atom. The quantitative estimate of drug-likeness (QED) is 0.803. The van der Waals surface area contributed by atoms with Gasteiger partial charge in [-0.3, -0.25) is 4.79 Å². The molecule has 1 atom stereocenters. The minimum absolute atomic E-state index is 0.271. The molecule has 0 aliphatic rings. The van der Waals surface area contributed by atoms with Gasteiger partial charge in [0.15, 0.2) is 0 Å². The second-order valence-corrected chi connectivity index (χ2v) is 3.81. The van der Waals surface area contributed by atoms with Gasteiger partial charge in [0, 0.05) is 0 Å². The van der Waals surface area contributed by atoms with E-state index in [0.29, 0.717) is 5.56 Å². The third-order valence-corrected chi connectivity index (χ3v) is 2.29. The van der Waals surface area contributed by atoms with E-state index < -0.39 is 23.8 Å². The molecule has 0 aliphatic heterocycles. The van der Waals surface area contributed by atoms with Crippen molar-refractivity contribution >= 4 is 5.97 Å². The summed E-state index contributed by atoms with van der Waals surface area (Å²) in [5.41, 5.74) is -0.807. The smallest absolute Gasteiger partial charge is 0.306 e. The van der Waals surface area contributed by atoms with Crippen LogP contribution in [0.3, 0.4) is 0 Å². The van der Waals surface area contributed by atoms with Crippen LogP contribution in [-0.4, -0.2) is 16.2 Å². The second-order valence-electron chi connectivity index (χ2n) is 3.81. The third-order valence-electron chi connectivity index (χ3n) is 2.29. The Hall–Kier alpha value is -1.42. The van der Waals surface area contributed by atoms with Gasteiger partial charge in [-0.15, -0.1) is 0 Å². The molecule has 0 radical (unpaired) electrons. The maximum atomic E-state index is 13.2. The Balaban J connectivity index is 3.04. The minimum atomic E-state index is -1.54. The molecule has 1 rings (SSSR count). The minimum Gasteiger partial charge on any atom is -0.481 e. The first-order valence-corrected chi connectivity index (χ1v) is 4.54. The SMILES string of the molecule is Cc1ccc(C(C)(O)CC(=O)O)cc1F. The first-order chi connectivity index (χ1) is 6.83. The molecule has 1 aromatic carbocycles. The highest BCUT2D eigenvalue weighted by molar-refractivity contribution is 5.68. The van der Waals surface area contributed by atoms with Gasteiger partial charge in [0.2, 0.25) is 0 Å². The molecule has 0 saturated carbocycles. The number of aliphatic carboxylic acids is 1. The Kier molecular flexibility index (Phi) is 3.09. The number of hydrogen-bond acceptors (Lipinski definition) is 2. The lowest BCUT2D eigenvalue weighted by molar-refractivity contribution is -0.142. The molecule has 0 amide bonds. The number of rotatable bonds is 3. The lowest BCUT2D eigenvalue weighted by Crippen LogP contribution is -2.25. The Morgan fingerprint density at radius 1 is 1.53 bits per heavy atom. The molecular formula is C11H13FO3. The maximum absolute atomic E-state index is 13.2. The Labute approximate surface area is 87.2 Å². The summed E-state index contributed by atoms with van der Waals surface area (Å²) >= 11 is 0. The van der Waals surface area contributed by atoms with E-state index in [2.05, 4.69) is 0 Å². The molecule has 0 fully saturated rings. The van der Waals surface area contributed by atoms with Crippen LogP contribution in [0.25, 0.3) is 0 Å². The lowest BCUT2D eigenvalue weighted by Gasteiger charge is -2.21. The van der Waals surface area contributed by atoms with Crippen LogP contribution in [0.5, 0.6) is 0 Å². The van der Waals surface area contributed by atoms with Crippen LogP contribution in [0.4, 0.5) is 4.39 Å². The fourth-order valence-corrected chi connectivity index (χ4v) is 1.32. The van der Waals surface area contributed by atoms with Crippen LogP contribution < -0.4 is 0 Å². The normalized spacial score (nSPS) is 14.7.